The van der Waals surface area contributed by atoms with Gasteiger partial charge in [-0.15, -0.1) is 0 Å². The van der Waals surface area contributed by atoms with E-state index in [0.29, 0.717) is 22.9 Å². The first-order valence-electron chi connectivity index (χ1n) is 9.27. The molecule has 0 aliphatic carbocycles. The number of aryl methyl sites for hydroxylation is 1. The van der Waals surface area contributed by atoms with Gasteiger partial charge >= 0.3 is 0 Å². The van der Waals surface area contributed by atoms with Gasteiger partial charge in [-0.25, -0.2) is 13.0 Å². The third-order valence-corrected chi connectivity index (χ3v) is 6.40. The smallest absolute Gasteiger partial charge is 0.262 e. The van der Waals surface area contributed by atoms with E-state index in [1.54, 1.807) is 18.2 Å². The molecule has 0 unspecified atom stereocenters. The number of rotatable bonds is 5. The van der Waals surface area contributed by atoms with Crippen molar-refractivity contribution in [2.75, 3.05) is 23.7 Å². The minimum Gasteiger partial charge on any atom is -0.377 e. The number of sulfonamides is 1. The maximum Gasteiger partial charge on any atom is 0.262 e. The Morgan fingerprint density at radius 2 is 1.87 bits per heavy atom. The highest BCUT2D eigenvalue weighted by atomic mass is 32.2. The molecule has 0 saturated heterocycles. The predicted octanol–water partition coefficient (Wildman–Crippen LogP) is 3.68. The van der Waals surface area contributed by atoms with Crippen molar-refractivity contribution in [2.45, 2.75) is 18.2 Å². The zero-order chi connectivity index (χ0) is 21.5. The predicted molar refractivity (Wildman–Crippen MR) is 115 cm³/mol. The van der Waals surface area contributed by atoms with Crippen molar-refractivity contribution in [3.8, 4) is 6.07 Å². The summed E-state index contributed by atoms with van der Waals surface area (Å²) in [5.74, 6) is 0. The SMILES string of the molecule is CCc1cc2nonc2c(NS(=O)(=O)c2cccc3c(N(C)C)cccc23)c1C#N. The van der Waals surface area contributed by atoms with Crippen molar-refractivity contribution in [1.29, 1.82) is 5.26 Å². The Labute approximate surface area is 173 Å². The molecule has 30 heavy (non-hydrogen) atoms. The van der Waals surface area contributed by atoms with Crippen LogP contribution in [0.1, 0.15) is 18.1 Å². The second-order valence-corrected chi connectivity index (χ2v) is 8.66. The molecule has 3 aromatic carbocycles. The van der Waals surface area contributed by atoms with Gasteiger partial charge in [0.1, 0.15) is 11.6 Å². The van der Waals surface area contributed by atoms with Crippen molar-refractivity contribution in [1.82, 2.24) is 10.3 Å². The molecule has 0 radical (unpaired) electrons. The Balaban J connectivity index is 1.93. The van der Waals surface area contributed by atoms with Crippen LogP contribution in [0.4, 0.5) is 11.4 Å². The van der Waals surface area contributed by atoms with Crippen molar-refractivity contribution in [3.63, 3.8) is 0 Å². The first-order valence-corrected chi connectivity index (χ1v) is 10.8. The minimum atomic E-state index is -4.04. The van der Waals surface area contributed by atoms with Gasteiger partial charge in [-0.05, 0) is 40.5 Å². The monoisotopic (exact) mass is 421 g/mol. The van der Waals surface area contributed by atoms with Crippen LogP contribution < -0.4 is 9.62 Å². The standard InChI is InChI=1S/C21H19N5O3S/c1-4-13-11-17-21(24-29-23-17)20(16(13)12-22)25-30(27,28)19-10-6-7-14-15(19)8-5-9-18(14)26(2)3/h5-11,25H,4H2,1-3H3. The number of nitriles is 1. The largest absolute Gasteiger partial charge is 0.377 e. The lowest BCUT2D eigenvalue weighted by molar-refractivity contribution is 0.315. The summed E-state index contributed by atoms with van der Waals surface area (Å²) in [4.78, 5) is 2.04. The zero-order valence-corrected chi connectivity index (χ0v) is 17.5. The maximum atomic E-state index is 13.4. The fourth-order valence-corrected chi connectivity index (χ4v) is 4.87. The van der Waals surface area contributed by atoms with E-state index in [0.717, 1.165) is 11.1 Å². The number of fused-ring (bicyclic) bond motifs is 2. The van der Waals surface area contributed by atoms with Crippen LogP contribution in [-0.2, 0) is 16.4 Å². The van der Waals surface area contributed by atoms with E-state index in [-0.39, 0.29) is 21.7 Å². The maximum absolute atomic E-state index is 13.4. The van der Waals surface area contributed by atoms with Crippen LogP contribution >= 0.6 is 0 Å². The Bertz CT molecular complexity index is 1420. The van der Waals surface area contributed by atoms with Crippen molar-refractivity contribution < 1.29 is 13.0 Å². The molecule has 4 rings (SSSR count). The molecule has 8 nitrogen and oxygen atoms in total. The van der Waals surface area contributed by atoms with Gasteiger partial charge < -0.3 is 4.90 Å². The van der Waals surface area contributed by atoms with Gasteiger partial charge in [0.2, 0.25) is 0 Å². The van der Waals surface area contributed by atoms with E-state index in [1.165, 1.54) is 6.07 Å². The van der Waals surface area contributed by atoms with E-state index >= 15 is 0 Å². The summed E-state index contributed by atoms with van der Waals surface area (Å²) in [7, 11) is -0.237. The molecule has 1 heterocycles. The molecule has 0 fully saturated rings. The minimum absolute atomic E-state index is 0.0777. The molecule has 1 N–H and O–H groups in total. The van der Waals surface area contributed by atoms with Gasteiger partial charge in [-0.3, -0.25) is 4.72 Å². The fourth-order valence-electron chi connectivity index (χ4n) is 3.56. The lowest BCUT2D eigenvalue weighted by Gasteiger charge is -2.17. The van der Waals surface area contributed by atoms with Crippen molar-refractivity contribution in [2.24, 2.45) is 0 Å². The summed E-state index contributed by atoms with van der Waals surface area (Å²) in [5.41, 5.74) is 2.43. The molecule has 9 heteroatoms. The van der Waals surface area contributed by atoms with Crippen LogP contribution in [0.5, 0.6) is 0 Å². The van der Waals surface area contributed by atoms with E-state index < -0.39 is 10.0 Å². The topological polar surface area (TPSA) is 112 Å². The fraction of sp³-hybridized carbons (Fsp3) is 0.190. The van der Waals surface area contributed by atoms with Crippen LogP contribution in [0, 0.1) is 11.3 Å². The van der Waals surface area contributed by atoms with Gasteiger partial charge in [-0.1, -0.05) is 31.2 Å². The Morgan fingerprint density at radius 3 is 2.57 bits per heavy atom. The molecule has 0 saturated carbocycles. The molecule has 0 bridgehead atoms. The van der Waals surface area contributed by atoms with Gasteiger partial charge in [0.05, 0.1) is 16.1 Å². The second kappa shape index (κ2) is 7.31. The van der Waals surface area contributed by atoms with Crippen LogP contribution in [0.3, 0.4) is 0 Å². The van der Waals surface area contributed by atoms with E-state index in [1.807, 2.05) is 44.1 Å². The zero-order valence-electron chi connectivity index (χ0n) is 16.7. The summed E-state index contributed by atoms with van der Waals surface area (Å²) in [5, 5.41) is 18.7. The number of hydrogen-bond donors (Lipinski definition) is 1. The Morgan fingerprint density at radius 1 is 1.13 bits per heavy atom. The quantitative estimate of drug-likeness (QED) is 0.523. The highest BCUT2D eigenvalue weighted by molar-refractivity contribution is 7.93. The molecule has 4 aromatic rings. The van der Waals surface area contributed by atoms with Gasteiger partial charge in [0.25, 0.3) is 10.0 Å². The van der Waals surface area contributed by atoms with Crippen LogP contribution in [0.2, 0.25) is 0 Å². The molecule has 0 amide bonds. The van der Waals surface area contributed by atoms with Gasteiger partial charge in [0.15, 0.2) is 5.52 Å². The molecule has 0 aliphatic rings. The van der Waals surface area contributed by atoms with E-state index in [4.69, 9.17) is 4.63 Å². The Kier molecular flexibility index (Phi) is 4.79. The van der Waals surface area contributed by atoms with Crippen LogP contribution in [0.25, 0.3) is 21.8 Å². The first kappa shape index (κ1) is 19.7. The number of benzene rings is 3. The third kappa shape index (κ3) is 3.11. The number of nitrogens with one attached hydrogen (secondary N) is 1. The average Bonchev–Trinajstić information content (AvgIpc) is 3.20. The highest BCUT2D eigenvalue weighted by Crippen LogP contribution is 2.34. The molecule has 152 valence electrons. The summed E-state index contributed by atoms with van der Waals surface area (Å²) in [6.45, 7) is 1.88. The molecule has 0 atom stereocenters. The van der Waals surface area contributed by atoms with Crippen LogP contribution in [-0.4, -0.2) is 32.8 Å². The highest BCUT2D eigenvalue weighted by Gasteiger charge is 2.24. The number of anilines is 2. The molecular weight excluding hydrogens is 402 g/mol. The molecular formula is C21H19N5O3S. The normalized spacial score (nSPS) is 11.5. The summed E-state index contributed by atoms with van der Waals surface area (Å²) in [6.07, 6.45) is 0.529. The second-order valence-electron chi connectivity index (χ2n) is 7.01. The first-order chi connectivity index (χ1) is 14.4. The number of hydrogen-bond acceptors (Lipinski definition) is 7. The number of nitrogens with zero attached hydrogens (tertiary/aromatic N) is 4. The summed E-state index contributed by atoms with van der Waals surface area (Å²) < 4.78 is 34.2. The molecule has 1 aromatic heterocycles. The van der Waals surface area contributed by atoms with Gasteiger partial charge in [0, 0.05) is 30.6 Å². The lowest BCUT2D eigenvalue weighted by atomic mass is 10.0. The van der Waals surface area contributed by atoms with Crippen molar-refractivity contribution in [3.05, 3.63) is 53.6 Å². The van der Waals surface area contributed by atoms with E-state index in [9.17, 15) is 13.7 Å². The van der Waals surface area contributed by atoms with Crippen LogP contribution in [0.15, 0.2) is 52.0 Å². The molecule has 0 aliphatic heterocycles. The lowest BCUT2D eigenvalue weighted by Crippen LogP contribution is -2.16. The van der Waals surface area contributed by atoms with E-state index in [2.05, 4.69) is 21.1 Å². The third-order valence-electron chi connectivity index (χ3n) is 4.99. The van der Waals surface area contributed by atoms with Gasteiger partial charge in [-0.2, -0.15) is 5.26 Å². The summed E-state index contributed by atoms with van der Waals surface area (Å²) in [6, 6.07) is 14.4. The Hall–Kier alpha value is -3.64. The average molecular weight is 421 g/mol. The number of aromatic nitrogens is 2. The van der Waals surface area contributed by atoms with Crippen molar-refractivity contribution >= 4 is 43.2 Å². The summed E-state index contributed by atoms with van der Waals surface area (Å²) >= 11 is 0. The molecule has 0 spiro atoms.